The normalized spacial score (nSPS) is 11.9. The maximum Gasteiger partial charge on any atom is 0.220 e. The third-order valence-electron chi connectivity index (χ3n) is 4.11. The van der Waals surface area contributed by atoms with Crippen molar-refractivity contribution in [3.05, 3.63) is 48.0 Å². The van der Waals surface area contributed by atoms with Crippen molar-refractivity contribution in [2.45, 2.75) is 45.6 Å². The summed E-state index contributed by atoms with van der Waals surface area (Å²) in [6.07, 6.45) is 3.22. The van der Waals surface area contributed by atoms with Crippen molar-refractivity contribution < 1.29 is 9.59 Å². The van der Waals surface area contributed by atoms with Gasteiger partial charge in [-0.3, -0.25) is 9.59 Å². The van der Waals surface area contributed by atoms with E-state index in [0.717, 1.165) is 24.8 Å². The Morgan fingerprint density at radius 1 is 1.00 bits per heavy atom. The van der Waals surface area contributed by atoms with E-state index in [1.165, 1.54) is 17.7 Å². The van der Waals surface area contributed by atoms with Gasteiger partial charge in [0.15, 0.2) is 0 Å². The first-order valence-electron chi connectivity index (χ1n) is 8.59. The van der Waals surface area contributed by atoms with Crippen LogP contribution in [0.15, 0.2) is 42.5 Å². The van der Waals surface area contributed by atoms with E-state index in [1.54, 1.807) is 0 Å². The van der Waals surface area contributed by atoms with Crippen LogP contribution in [0.2, 0.25) is 0 Å². The minimum Gasteiger partial charge on any atom is -0.356 e. The molecule has 2 amide bonds. The molecule has 0 aromatic heterocycles. The first-order chi connectivity index (χ1) is 11.6. The first-order valence-corrected chi connectivity index (χ1v) is 8.59. The second kappa shape index (κ2) is 9.06. The predicted octanol–water partition coefficient (Wildman–Crippen LogP) is 3.71. The topological polar surface area (TPSA) is 58.2 Å². The predicted molar refractivity (Wildman–Crippen MR) is 97.7 cm³/mol. The van der Waals surface area contributed by atoms with E-state index >= 15 is 0 Å². The Bertz CT molecular complexity index is 697. The van der Waals surface area contributed by atoms with Gasteiger partial charge in [0.1, 0.15) is 0 Å². The van der Waals surface area contributed by atoms with Gasteiger partial charge in [-0.15, -0.1) is 0 Å². The number of hydrogen-bond donors (Lipinski definition) is 2. The number of amides is 2. The highest BCUT2D eigenvalue weighted by Crippen LogP contribution is 2.20. The van der Waals surface area contributed by atoms with Gasteiger partial charge in [0.05, 0.1) is 6.04 Å². The smallest absolute Gasteiger partial charge is 0.220 e. The average Bonchev–Trinajstić information content (AvgIpc) is 2.57. The maximum atomic E-state index is 12.1. The molecular formula is C20H26N2O2. The van der Waals surface area contributed by atoms with Crippen LogP contribution in [0.1, 0.15) is 51.1 Å². The zero-order chi connectivity index (χ0) is 17.4. The van der Waals surface area contributed by atoms with Gasteiger partial charge < -0.3 is 10.6 Å². The molecule has 0 fully saturated rings. The number of carbonyl (C=O) groups excluding carboxylic acids is 2. The van der Waals surface area contributed by atoms with Crippen LogP contribution in [-0.4, -0.2) is 18.4 Å². The van der Waals surface area contributed by atoms with Crippen molar-refractivity contribution in [2.75, 3.05) is 6.54 Å². The highest BCUT2D eigenvalue weighted by atomic mass is 16.2. The average molecular weight is 326 g/mol. The standard InChI is InChI=1S/C20H26N2O2/c1-15(18-12-11-17-8-5-6-9-19(17)14-18)22-20(24)10-4-3-7-13-21-16(2)23/h5-6,8-9,11-12,14-15H,3-4,7,10,13H2,1-2H3,(H,21,23)(H,22,24). The minimum absolute atomic E-state index is 0.00138. The molecule has 0 radical (unpaired) electrons. The Morgan fingerprint density at radius 3 is 2.50 bits per heavy atom. The molecule has 0 aliphatic carbocycles. The summed E-state index contributed by atoms with van der Waals surface area (Å²) in [6, 6.07) is 14.5. The zero-order valence-corrected chi connectivity index (χ0v) is 14.5. The first kappa shape index (κ1) is 18.0. The Kier molecular flexibility index (Phi) is 6.79. The molecule has 0 spiro atoms. The fourth-order valence-corrected chi connectivity index (χ4v) is 2.73. The summed E-state index contributed by atoms with van der Waals surface area (Å²) in [6.45, 7) is 4.21. The van der Waals surface area contributed by atoms with Crippen LogP contribution in [0.3, 0.4) is 0 Å². The molecular weight excluding hydrogens is 300 g/mol. The lowest BCUT2D eigenvalue weighted by Crippen LogP contribution is -2.26. The van der Waals surface area contributed by atoms with Gasteiger partial charge in [0, 0.05) is 19.9 Å². The van der Waals surface area contributed by atoms with E-state index in [1.807, 2.05) is 19.1 Å². The number of rotatable bonds is 8. The minimum atomic E-state index is -0.00282. The summed E-state index contributed by atoms with van der Waals surface area (Å²) in [4.78, 5) is 22.8. The number of carbonyl (C=O) groups is 2. The number of hydrogen-bond acceptors (Lipinski definition) is 2. The molecule has 128 valence electrons. The monoisotopic (exact) mass is 326 g/mol. The lowest BCUT2D eigenvalue weighted by atomic mass is 10.0. The second-order valence-corrected chi connectivity index (χ2v) is 6.19. The summed E-state index contributed by atoms with van der Waals surface area (Å²) in [5, 5.41) is 8.22. The SMILES string of the molecule is CC(=O)NCCCCCC(=O)NC(C)c1ccc2ccccc2c1. The van der Waals surface area contributed by atoms with Gasteiger partial charge in [0.2, 0.25) is 11.8 Å². The zero-order valence-electron chi connectivity index (χ0n) is 14.5. The highest BCUT2D eigenvalue weighted by Gasteiger charge is 2.09. The van der Waals surface area contributed by atoms with E-state index < -0.39 is 0 Å². The van der Waals surface area contributed by atoms with Crippen molar-refractivity contribution in [3.63, 3.8) is 0 Å². The summed E-state index contributed by atoms with van der Waals surface area (Å²) >= 11 is 0. The van der Waals surface area contributed by atoms with E-state index in [-0.39, 0.29) is 17.9 Å². The Labute approximate surface area is 143 Å². The summed E-state index contributed by atoms with van der Waals surface area (Å²) in [7, 11) is 0. The van der Waals surface area contributed by atoms with Gasteiger partial charge in [-0.05, 0) is 42.2 Å². The summed E-state index contributed by atoms with van der Waals surface area (Å²) in [5.74, 6) is 0.0761. The third kappa shape index (κ3) is 5.69. The number of nitrogens with one attached hydrogen (secondary N) is 2. The summed E-state index contributed by atoms with van der Waals surface area (Å²) < 4.78 is 0. The molecule has 0 heterocycles. The van der Waals surface area contributed by atoms with E-state index in [9.17, 15) is 9.59 Å². The van der Waals surface area contributed by atoms with E-state index in [0.29, 0.717) is 13.0 Å². The fourth-order valence-electron chi connectivity index (χ4n) is 2.73. The molecule has 0 saturated heterocycles. The molecule has 1 unspecified atom stereocenters. The number of fused-ring (bicyclic) bond motifs is 1. The third-order valence-corrected chi connectivity index (χ3v) is 4.11. The molecule has 2 rings (SSSR count). The lowest BCUT2D eigenvalue weighted by molar-refractivity contribution is -0.122. The molecule has 1 atom stereocenters. The van der Waals surface area contributed by atoms with E-state index in [2.05, 4.69) is 41.0 Å². The summed E-state index contributed by atoms with van der Waals surface area (Å²) in [5.41, 5.74) is 1.12. The lowest BCUT2D eigenvalue weighted by Gasteiger charge is -2.15. The van der Waals surface area contributed by atoms with Gasteiger partial charge >= 0.3 is 0 Å². The van der Waals surface area contributed by atoms with Crippen LogP contribution in [0.5, 0.6) is 0 Å². The van der Waals surface area contributed by atoms with Crippen LogP contribution in [0, 0.1) is 0 Å². The number of benzene rings is 2. The van der Waals surface area contributed by atoms with Crippen molar-refractivity contribution in [1.82, 2.24) is 10.6 Å². The quantitative estimate of drug-likeness (QED) is 0.727. The van der Waals surface area contributed by atoms with Gasteiger partial charge in [-0.2, -0.15) is 0 Å². The molecule has 0 saturated carbocycles. The molecule has 0 aliphatic rings. The largest absolute Gasteiger partial charge is 0.356 e. The Morgan fingerprint density at radius 2 is 1.75 bits per heavy atom. The van der Waals surface area contributed by atoms with Crippen LogP contribution in [-0.2, 0) is 9.59 Å². The number of unbranched alkanes of at least 4 members (excludes halogenated alkanes) is 2. The maximum absolute atomic E-state index is 12.1. The van der Waals surface area contributed by atoms with Crippen LogP contribution >= 0.6 is 0 Å². The van der Waals surface area contributed by atoms with Crippen LogP contribution < -0.4 is 10.6 Å². The Hall–Kier alpha value is -2.36. The molecule has 2 N–H and O–H groups in total. The molecule has 0 bridgehead atoms. The molecule has 24 heavy (non-hydrogen) atoms. The van der Waals surface area contributed by atoms with Crippen LogP contribution in [0.25, 0.3) is 10.8 Å². The van der Waals surface area contributed by atoms with Crippen molar-refractivity contribution in [3.8, 4) is 0 Å². The fraction of sp³-hybridized carbons (Fsp3) is 0.400. The van der Waals surface area contributed by atoms with Crippen molar-refractivity contribution in [2.24, 2.45) is 0 Å². The highest BCUT2D eigenvalue weighted by molar-refractivity contribution is 5.83. The molecule has 4 nitrogen and oxygen atoms in total. The second-order valence-electron chi connectivity index (χ2n) is 6.19. The Balaban J connectivity index is 1.75. The molecule has 2 aromatic rings. The van der Waals surface area contributed by atoms with Gasteiger partial charge in [-0.1, -0.05) is 42.8 Å². The molecule has 0 aliphatic heterocycles. The molecule has 4 heteroatoms. The molecule has 2 aromatic carbocycles. The van der Waals surface area contributed by atoms with Crippen molar-refractivity contribution >= 4 is 22.6 Å². The van der Waals surface area contributed by atoms with E-state index in [4.69, 9.17) is 0 Å². The van der Waals surface area contributed by atoms with Gasteiger partial charge in [-0.25, -0.2) is 0 Å². The van der Waals surface area contributed by atoms with Crippen LogP contribution in [0.4, 0.5) is 0 Å². The van der Waals surface area contributed by atoms with Crippen molar-refractivity contribution in [1.29, 1.82) is 0 Å². The van der Waals surface area contributed by atoms with Gasteiger partial charge in [0.25, 0.3) is 0 Å².